The van der Waals surface area contributed by atoms with Crippen LogP contribution in [0.25, 0.3) is 0 Å². The van der Waals surface area contributed by atoms with E-state index in [1.165, 1.54) is 0 Å². The molecule has 0 aromatic heterocycles. The number of carbonyl (C=O) groups is 1. The molecule has 0 aromatic rings. The zero-order valence-electron chi connectivity index (χ0n) is 6.44. The summed E-state index contributed by atoms with van der Waals surface area (Å²) in [6, 6.07) is 0. The number of aliphatic hydroxyl groups is 5. The zero-order chi connectivity index (χ0) is 10.2. The Morgan fingerprint density at radius 2 is 1.77 bits per heavy atom. The van der Waals surface area contributed by atoms with Crippen molar-refractivity contribution >= 4 is 5.97 Å². The van der Waals surface area contributed by atoms with E-state index in [4.69, 9.17) is 25.5 Å². The van der Waals surface area contributed by atoms with Gasteiger partial charge < -0.3 is 30.3 Å². The van der Waals surface area contributed by atoms with Gasteiger partial charge in [0.05, 0.1) is 0 Å². The summed E-state index contributed by atoms with van der Waals surface area (Å²) in [4.78, 5) is 10.6. The standard InChI is InChI=1S/C6H10O7/c7-1-2(8)6(12)13-4(1)3(9)5(10)11/h1-5,7-11H/t1-,2-,3+,4+/m1/s1. The van der Waals surface area contributed by atoms with Crippen molar-refractivity contribution in [2.45, 2.75) is 30.7 Å². The number of esters is 1. The summed E-state index contributed by atoms with van der Waals surface area (Å²) in [6.45, 7) is 0. The molecule has 1 aliphatic heterocycles. The van der Waals surface area contributed by atoms with Gasteiger partial charge in [0.1, 0.15) is 12.2 Å². The minimum atomic E-state index is -2.14. The van der Waals surface area contributed by atoms with Gasteiger partial charge in [-0.2, -0.15) is 0 Å². The molecule has 13 heavy (non-hydrogen) atoms. The first-order valence-corrected chi connectivity index (χ1v) is 3.56. The fraction of sp³-hybridized carbons (Fsp3) is 0.833. The molecule has 0 spiro atoms. The van der Waals surface area contributed by atoms with Gasteiger partial charge in [0.25, 0.3) is 0 Å². The van der Waals surface area contributed by atoms with E-state index < -0.39 is 36.7 Å². The lowest BCUT2D eigenvalue weighted by Gasteiger charge is -2.20. The topological polar surface area (TPSA) is 127 Å². The van der Waals surface area contributed by atoms with E-state index in [9.17, 15) is 4.79 Å². The van der Waals surface area contributed by atoms with Crippen molar-refractivity contribution in [2.75, 3.05) is 0 Å². The summed E-state index contributed by atoms with van der Waals surface area (Å²) in [5, 5.41) is 43.9. The van der Waals surface area contributed by atoms with Crippen LogP contribution in [-0.4, -0.2) is 62.2 Å². The van der Waals surface area contributed by atoms with Crippen LogP contribution in [0.3, 0.4) is 0 Å². The number of ether oxygens (including phenoxy) is 1. The molecular formula is C6H10O7. The molecule has 0 aliphatic carbocycles. The first kappa shape index (κ1) is 10.4. The molecule has 4 atom stereocenters. The summed E-state index contributed by atoms with van der Waals surface area (Å²) in [5.74, 6) is -1.10. The Morgan fingerprint density at radius 1 is 1.23 bits per heavy atom. The number of rotatable bonds is 2. The summed E-state index contributed by atoms with van der Waals surface area (Å²) in [5.41, 5.74) is 0. The van der Waals surface area contributed by atoms with E-state index in [-0.39, 0.29) is 0 Å². The lowest BCUT2D eigenvalue weighted by atomic mass is 10.1. The quantitative estimate of drug-likeness (QED) is 0.226. The predicted octanol–water partition coefficient (Wildman–Crippen LogP) is -3.69. The first-order chi connectivity index (χ1) is 5.95. The summed E-state index contributed by atoms with van der Waals surface area (Å²) < 4.78 is 4.30. The van der Waals surface area contributed by atoms with Crippen molar-refractivity contribution in [3.63, 3.8) is 0 Å². The maximum atomic E-state index is 10.6. The SMILES string of the molecule is O=C1O[C@H]([C@H](O)C(O)O)[C@H](O)[C@H]1O. The number of hydrogen-bond acceptors (Lipinski definition) is 7. The van der Waals surface area contributed by atoms with Crippen molar-refractivity contribution < 1.29 is 35.1 Å². The molecule has 7 nitrogen and oxygen atoms in total. The third-order valence-corrected chi connectivity index (χ3v) is 1.80. The minimum Gasteiger partial charge on any atom is -0.454 e. The fourth-order valence-electron chi connectivity index (χ4n) is 1.03. The van der Waals surface area contributed by atoms with Gasteiger partial charge in [-0.05, 0) is 0 Å². The molecule has 0 aromatic carbocycles. The van der Waals surface area contributed by atoms with Crippen LogP contribution in [0.2, 0.25) is 0 Å². The van der Waals surface area contributed by atoms with Gasteiger partial charge in [-0.1, -0.05) is 0 Å². The lowest BCUT2D eigenvalue weighted by Crippen LogP contribution is -2.44. The molecule has 1 rings (SSSR count). The molecule has 0 bridgehead atoms. The Labute approximate surface area is 72.8 Å². The van der Waals surface area contributed by atoms with Crippen LogP contribution in [0.15, 0.2) is 0 Å². The van der Waals surface area contributed by atoms with E-state index in [1.54, 1.807) is 0 Å². The van der Waals surface area contributed by atoms with E-state index in [1.807, 2.05) is 0 Å². The van der Waals surface area contributed by atoms with Crippen LogP contribution < -0.4 is 0 Å². The molecule has 1 aliphatic rings. The molecule has 0 saturated carbocycles. The number of cyclic esters (lactones) is 1. The smallest absolute Gasteiger partial charge is 0.338 e. The highest BCUT2D eigenvalue weighted by Gasteiger charge is 2.47. The number of aliphatic hydroxyl groups excluding tert-OH is 4. The fourth-order valence-corrected chi connectivity index (χ4v) is 1.03. The molecule has 0 unspecified atom stereocenters. The number of hydrogen-bond donors (Lipinski definition) is 5. The third-order valence-electron chi connectivity index (χ3n) is 1.80. The Bertz CT molecular complexity index is 203. The summed E-state index contributed by atoms with van der Waals surface area (Å²) in [7, 11) is 0. The molecule has 76 valence electrons. The van der Waals surface area contributed by atoms with Crippen molar-refractivity contribution in [1.29, 1.82) is 0 Å². The summed E-state index contributed by atoms with van der Waals surface area (Å²) >= 11 is 0. The molecule has 0 radical (unpaired) electrons. The third kappa shape index (κ3) is 1.79. The average Bonchev–Trinajstić information content (AvgIpc) is 2.31. The van der Waals surface area contributed by atoms with E-state index in [0.29, 0.717) is 0 Å². The van der Waals surface area contributed by atoms with Crippen LogP contribution in [-0.2, 0) is 9.53 Å². The predicted molar refractivity (Wildman–Crippen MR) is 36.1 cm³/mol. The van der Waals surface area contributed by atoms with Gasteiger partial charge in [0.15, 0.2) is 18.5 Å². The highest BCUT2D eigenvalue weighted by Crippen LogP contribution is 2.19. The second-order valence-corrected chi connectivity index (χ2v) is 2.74. The van der Waals surface area contributed by atoms with Crippen molar-refractivity contribution in [3.8, 4) is 0 Å². The lowest BCUT2D eigenvalue weighted by molar-refractivity contribution is -0.179. The van der Waals surface area contributed by atoms with Crippen molar-refractivity contribution in [3.05, 3.63) is 0 Å². The molecular weight excluding hydrogens is 184 g/mol. The molecule has 1 fully saturated rings. The van der Waals surface area contributed by atoms with Crippen LogP contribution in [0.1, 0.15) is 0 Å². The average molecular weight is 194 g/mol. The van der Waals surface area contributed by atoms with Crippen LogP contribution in [0.5, 0.6) is 0 Å². The van der Waals surface area contributed by atoms with Crippen LogP contribution >= 0.6 is 0 Å². The van der Waals surface area contributed by atoms with Crippen molar-refractivity contribution in [2.24, 2.45) is 0 Å². The largest absolute Gasteiger partial charge is 0.454 e. The zero-order valence-corrected chi connectivity index (χ0v) is 6.44. The summed E-state index contributed by atoms with van der Waals surface area (Å²) in [6.07, 6.45) is -8.89. The van der Waals surface area contributed by atoms with Crippen LogP contribution in [0.4, 0.5) is 0 Å². The van der Waals surface area contributed by atoms with Crippen LogP contribution in [0, 0.1) is 0 Å². The Hall–Kier alpha value is -0.730. The maximum Gasteiger partial charge on any atom is 0.338 e. The second kappa shape index (κ2) is 3.56. The van der Waals surface area contributed by atoms with Gasteiger partial charge in [-0.3, -0.25) is 0 Å². The second-order valence-electron chi connectivity index (χ2n) is 2.74. The van der Waals surface area contributed by atoms with Gasteiger partial charge in [0, 0.05) is 0 Å². The number of carbonyl (C=O) groups excluding carboxylic acids is 1. The van der Waals surface area contributed by atoms with Gasteiger partial charge >= 0.3 is 5.97 Å². The highest BCUT2D eigenvalue weighted by atomic mass is 16.6. The molecule has 7 heteroatoms. The molecule has 5 N–H and O–H groups in total. The molecule has 1 saturated heterocycles. The maximum absolute atomic E-state index is 10.6. The first-order valence-electron chi connectivity index (χ1n) is 3.56. The van der Waals surface area contributed by atoms with E-state index >= 15 is 0 Å². The molecule has 1 heterocycles. The Balaban J connectivity index is 2.68. The Kier molecular flexibility index (Phi) is 2.84. The van der Waals surface area contributed by atoms with Crippen molar-refractivity contribution in [1.82, 2.24) is 0 Å². The highest BCUT2D eigenvalue weighted by molar-refractivity contribution is 5.77. The van der Waals surface area contributed by atoms with E-state index in [2.05, 4.69) is 4.74 Å². The van der Waals surface area contributed by atoms with E-state index in [0.717, 1.165) is 0 Å². The Morgan fingerprint density at radius 3 is 2.08 bits per heavy atom. The minimum absolute atomic E-state index is 1.10. The van der Waals surface area contributed by atoms with Gasteiger partial charge in [-0.25, -0.2) is 4.79 Å². The monoisotopic (exact) mass is 194 g/mol. The molecule has 0 amide bonds. The van der Waals surface area contributed by atoms with Gasteiger partial charge in [-0.15, -0.1) is 0 Å². The van der Waals surface area contributed by atoms with Gasteiger partial charge in [0.2, 0.25) is 0 Å². The normalized spacial score (nSPS) is 36.5.